The van der Waals surface area contributed by atoms with Gasteiger partial charge in [0, 0.05) is 13.0 Å². The van der Waals surface area contributed by atoms with Crippen molar-refractivity contribution in [2.24, 2.45) is 5.84 Å². The molecule has 0 aromatic rings. The standard InChI is InChI=1S/C12H28N4O2/c13-15-16-14-11-9-7-5-3-1-2-4-6-8-10-12(17)18/h14-16H,1-11,13H2,(H,17,18). The predicted octanol–water partition coefficient (Wildman–Crippen LogP) is 1.44. The summed E-state index contributed by atoms with van der Waals surface area (Å²) in [6.45, 7) is 0.916. The molecule has 0 rings (SSSR count). The number of carbonyl (C=O) groups is 1. The number of hydrogen-bond donors (Lipinski definition) is 5. The fourth-order valence-electron chi connectivity index (χ4n) is 1.84. The molecular weight excluding hydrogens is 232 g/mol. The van der Waals surface area contributed by atoms with Crippen LogP contribution in [0.5, 0.6) is 0 Å². The molecule has 0 atom stereocenters. The van der Waals surface area contributed by atoms with Gasteiger partial charge in [0.2, 0.25) is 0 Å². The topological polar surface area (TPSA) is 99.4 Å². The lowest BCUT2D eigenvalue weighted by Crippen LogP contribution is -2.47. The minimum Gasteiger partial charge on any atom is -0.481 e. The molecule has 0 aliphatic rings. The van der Waals surface area contributed by atoms with Crippen molar-refractivity contribution in [1.29, 1.82) is 0 Å². The molecule has 6 nitrogen and oxygen atoms in total. The maximum atomic E-state index is 10.3. The van der Waals surface area contributed by atoms with Crippen LogP contribution < -0.4 is 22.3 Å². The maximum absolute atomic E-state index is 10.3. The Kier molecular flexibility index (Phi) is 13.8. The Balaban J connectivity index is 2.92. The predicted molar refractivity (Wildman–Crippen MR) is 72.3 cm³/mol. The number of hydrazine groups is 3. The Morgan fingerprint density at radius 2 is 1.39 bits per heavy atom. The van der Waals surface area contributed by atoms with Gasteiger partial charge in [-0.1, -0.05) is 44.9 Å². The Labute approximate surface area is 110 Å². The van der Waals surface area contributed by atoms with Crippen molar-refractivity contribution in [1.82, 2.24) is 16.5 Å². The van der Waals surface area contributed by atoms with Crippen LogP contribution >= 0.6 is 0 Å². The van der Waals surface area contributed by atoms with Crippen molar-refractivity contribution >= 4 is 5.97 Å². The highest BCUT2D eigenvalue weighted by Gasteiger charge is 1.96. The number of carboxylic acid groups (broad SMARTS) is 1. The minimum atomic E-state index is -0.678. The zero-order valence-corrected chi connectivity index (χ0v) is 11.2. The van der Waals surface area contributed by atoms with Crippen molar-refractivity contribution < 1.29 is 9.90 Å². The second-order valence-electron chi connectivity index (χ2n) is 4.52. The van der Waals surface area contributed by atoms with E-state index in [1.165, 1.54) is 38.5 Å². The first-order valence-electron chi connectivity index (χ1n) is 6.92. The lowest BCUT2D eigenvalue weighted by atomic mass is 10.1. The van der Waals surface area contributed by atoms with Crippen LogP contribution in [-0.4, -0.2) is 17.6 Å². The van der Waals surface area contributed by atoms with E-state index in [-0.39, 0.29) is 0 Å². The van der Waals surface area contributed by atoms with E-state index < -0.39 is 5.97 Å². The minimum absolute atomic E-state index is 0.318. The molecule has 108 valence electrons. The SMILES string of the molecule is NNNNCCCCCCCCCCCC(=O)O. The number of carboxylic acids is 1. The summed E-state index contributed by atoms with van der Waals surface area (Å²) in [5.41, 5.74) is 7.87. The molecule has 0 aliphatic carbocycles. The quantitative estimate of drug-likeness (QED) is 0.184. The molecule has 0 saturated heterocycles. The second kappa shape index (κ2) is 14.4. The highest BCUT2D eigenvalue weighted by molar-refractivity contribution is 5.66. The molecule has 0 fully saturated rings. The van der Waals surface area contributed by atoms with Gasteiger partial charge >= 0.3 is 5.97 Å². The summed E-state index contributed by atoms with van der Waals surface area (Å²) >= 11 is 0. The van der Waals surface area contributed by atoms with Gasteiger partial charge in [-0.3, -0.25) is 10.6 Å². The third-order valence-electron chi connectivity index (χ3n) is 2.85. The van der Waals surface area contributed by atoms with Crippen molar-refractivity contribution in [3.05, 3.63) is 0 Å². The van der Waals surface area contributed by atoms with Crippen LogP contribution in [0.4, 0.5) is 0 Å². The first-order chi connectivity index (χ1) is 8.77. The molecule has 0 aromatic heterocycles. The molecule has 0 aliphatic heterocycles. The average Bonchev–Trinajstić information content (AvgIpc) is 2.34. The smallest absolute Gasteiger partial charge is 0.303 e. The van der Waals surface area contributed by atoms with Crippen molar-refractivity contribution in [2.45, 2.75) is 64.2 Å². The first kappa shape index (κ1) is 17.3. The molecule has 18 heavy (non-hydrogen) atoms. The zero-order chi connectivity index (χ0) is 13.5. The van der Waals surface area contributed by atoms with E-state index in [1.54, 1.807) is 0 Å². The largest absolute Gasteiger partial charge is 0.481 e. The number of nitrogens with two attached hydrogens (primary N) is 1. The average molecular weight is 260 g/mol. The van der Waals surface area contributed by atoms with E-state index in [0.717, 1.165) is 25.8 Å². The third-order valence-corrected chi connectivity index (χ3v) is 2.85. The molecule has 0 aromatic carbocycles. The van der Waals surface area contributed by atoms with E-state index in [9.17, 15) is 4.79 Å². The summed E-state index contributed by atoms with van der Waals surface area (Å²) in [4.78, 5) is 10.3. The molecule has 0 radical (unpaired) electrons. The Morgan fingerprint density at radius 3 is 1.89 bits per heavy atom. The van der Waals surface area contributed by atoms with Gasteiger partial charge in [-0.15, -0.1) is 0 Å². The number of unbranched alkanes of at least 4 members (excludes halogenated alkanes) is 8. The fourth-order valence-corrected chi connectivity index (χ4v) is 1.84. The lowest BCUT2D eigenvalue weighted by Gasteiger charge is -2.04. The normalized spacial score (nSPS) is 10.7. The molecular formula is C12H28N4O2. The molecule has 0 saturated carbocycles. The molecule has 6 heteroatoms. The summed E-state index contributed by atoms with van der Waals surface area (Å²) in [6, 6.07) is 0. The second-order valence-corrected chi connectivity index (χ2v) is 4.52. The third kappa shape index (κ3) is 15.3. The summed E-state index contributed by atoms with van der Waals surface area (Å²) < 4.78 is 0. The number of nitrogens with one attached hydrogen (secondary N) is 3. The summed E-state index contributed by atoms with van der Waals surface area (Å²) in [5.74, 6) is 4.34. The van der Waals surface area contributed by atoms with Crippen molar-refractivity contribution in [3.8, 4) is 0 Å². The monoisotopic (exact) mass is 260 g/mol. The fraction of sp³-hybridized carbons (Fsp3) is 0.917. The van der Waals surface area contributed by atoms with Gasteiger partial charge in [0.25, 0.3) is 0 Å². The van der Waals surface area contributed by atoms with Gasteiger partial charge in [0.15, 0.2) is 0 Å². The van der Waals surface area contributed by atoms with Crippen molar-refractivity contribution in [2.75, 3.05) is 6.54 Å². The molecule has 0 amide bonds. The number of rotatable bonds is 14. The summed E-state index contributed by atoms with van der Waals surface area (Å²) in [5, 5.41) is 8.47. The Hall–Kier alpha value is -0.690. The highest BCUT2D eigenvalue weighted by atomic mass is 16.4. The van der Waals surface area contributed by atoms with Crippen LogP contribution in [0.15, 0.2) is 0 Å². The van der Waals surface area contributed by atoms with Gasteiger partial charge in [-0.05, 0) is 12.8 Å². The zero-order valence-electron chi connectivity index (χ0n) is 11.2. The van der Waals surface area contributed by atoms with Crippen LogP contribution in [-0.2, 0) is 4.79 Å². The van der Waals surface area contributed by atoms with E-state index in [2.05, 4.69) is 16.5 Å². The maximum Gasteiger partial charge on any atom is 0.303 e. The van der Waals surface area contributed by atoms with Gasteiger partial charge in [-0.25, -0.2) is 5.43 Å². The van der Waals surface area contributed by atoms with Crippen LogP contribution in [0.3, 0.4) is 0 Å². The molecule has 0 bridgehead atoms. The van der Waals surface area contributed by atoms with Gasteiger partial charge in [-0.2, -0.15) is 11.1 Å². The Morgan fingerprint density at radius 1 is 0.889 bits per heavy atom. The van der Waals surface area contributed by atoms with Crippen molar-refractivity contribution in [3.63, 3.8) is 0 Å². The highest BCUT2D eigenvalue weighted by Crippen LogP contribution is 2.10. The van der Waals surface area contributed by atoms with E-state index in [1.807, 2.05) is 0 Å². The van der Waals surface area contributed by atoms with Crippen LogP contribution in [0.2, 0.25) is 0 Å². The van der Waals surface area contributed by atoms with Gasteiger partial charge < -0.3 is 5.11 Å². The lowest BCUT2D eigenvalue weighted by molar-refractivity contribution is -0.137. The molecule has 0 unspecified atom stereocenters. The Bertz CT molecular complexity index is 191. The van der Waals surface area contributed by atoms with E-state index in [0.29, 0.717) is 6.42 Å². The van der Waals surface area contributed by atoms with E-state index in [4.69, 9.17) is 10.9 Å². The van der Waals surface area contributed by atoms with Crippen LogP contribution in [0.25, 0.3) is 0 Å². The first-order valence-corrected chi connectivity index (χ1v) is 6.92. The summed E-state index contributed by atoms with van der Waals surface area (Å²) in [6.07, 6.45) is 10.8. The number of aliphatic carboxylic acids is 1. The molecule has 0 spiro atoms. The van der Waals surface area contributed by atoms with Crippen LogP contribution in [0, 0.1) is 0 Å². The van der Waals surface area contributed by atoms with E-state index >= 15 is 0 Å². The van der Waals surface area contributed by atoms with Gasteiger partial charge in [0.1, 0.15) is 0 Å². The summed E-state index contributed by atoms with van der Waals surface area (Å²) in [7, 11) is 0. The molecule has 0 heterocycles. The van der Waals surface area contributed by atoms with Crippen LogP contribution in [0.1, 0.15) is 64.2 Å². The van der Waals surface area contributed by atoms with Gasteiger partial charge in [0.05, 0.1) is 0 Å². The molecule has 6 N–H and O–H groups in total. The number of hydrogen-bond acceptors (Lipinski definition) is 5.